The number of ether oxygens (including phenoxy) is 2. The van der Waals surface area contributed by atoms with Crippen LogP contribution in [0.15, 0.2) is 48.5 Å². The second-order valence-electron chi connectivity index (χ2n) is 6.13. The van der Waals surface area contributed by atoms with E-state index in [1.807, 2.05) is 31.2 Å². The van der Waals surface area contributed by atoms with Crippen LogP contribution in [0.5, 0.6) is 11.5 Å². The molecule has 1 atom stereocenters. The van der Waals surface area contributed by atoms with E-state index < -0.39 is 16.1 Å². The van der Waals surface area contributed by atoms with Crippen molar-refractivity contribution in [2.45, 2.75) is 19.6 Å². The van der Waals surface area contributed by atoms with E-state index in [9.17, 15) is 13.2 Å². The average molecular weight is 390 g/mol. The number of nitrogens with zero attached hydrogens (tertiary/aromatic N) is 1. The van der Waals surface area contributed by atoms with Crippen LogP contribution in [0.4, 0.5) is 5.69 Å². The van der Waals surface area contributed by atoms with Gasteiger partial charge in [0, 0.05) is 12.1 Å². The number of sulfonamides is 1. The molecule has 0 spiro atoms. The van der Waals surface area contributed by atoms with Crippen molar-refractivity contribution in [2.75, 3.05) is 23.7 Å². The van der Waals surface area contributed by atoms with E-state index in [4.69, 9.17) is 9.47 Å². The first-order valence-electron chi connectivity index (χ1n) is 8.62. The van der Waals surface area contributed by atoms with Gasteiger partial charge in [-0.15, -0.1) is 0 Å². The van der Waals surface area contributed by atoms with Crippen LogP contribution >= 0.6 is 0 Å². The van der Waals surface area contributed by atoms with Crippen molar-refractivity contribution in [3.8, 4) is 11.5 Å². The smallest absolute Gasteiger partial charge is 0.263 e. The summed E-state index contributed by atoms with van der Waals surface area (Å²) in [6, 6.07) is 14.2. The van der Waals surface area contributed by atoms with Crippen LogP contribution in [0.3, 0.4) is 0 Å². The first kappa shape index (κ1) is 19.0. The van der Waals surface area contributed by atoms with E-state index in [0.29, 0.717) is 23.8 Å². The highest BCUT2D eigenvalue weighted by Crippen LogP contribution is 2.34. The largest absolute Gasteiger partial charge is 0.494 e. The quantitative estimate of drug-likeness (QED) is 0.815. The summed E-state index contributed by atoms with van der Waals surface area (Å²) in [5.74, 6) is 0.682. The van der Waals surface area contributed by atoms with E-state index in [1.165, 1.54) is 4.31 Å². The number of amides is 1. The summed E-state index contributed by atoms with van der Waals surface area (Å²) in [6.07, 6.45) is 0.177. The monoisotopic (exact) mass is 390 g/mol. The van der Waals surface area contributed by atoms with Crippen LogP contribution in [0.2, 0.25) is 0 Å². The van der Waals surface area contributed by atoms with Crippen LogP contribution in [-0.2, 0) is 21.4 Å². The van der Waals surface area contributed by atoms with Crippen LogP contribution in [0.25, 0.3) is 0 Å². The molecule has 8 heteroatoms. The van der Waals surface area contributed by atoms with Crippen LogP contribution in [0.1, 0.15) is 12.5 Å². The molecule has 3 rings (SSSR count). The highest BCUT2D eigenvalue weighted by atomic mass is 32.2. The molecule has 1 aliphatic rings. The predicted molar refractivity (Wildman–Crippen MR) is 103 cm³/mol. The van der Waals surface area contributed by atoms with Gasteiger partial charge >= 0.3 is 0 Å². The summed E-state index contributed by atoms with van der Waals surface area (Å²) in [7, 11) is -3.53. The number of carbonyl (C=O) groups is 1. The summed E-state index contributed by atoms with van der Waals surface area (Å²) < 4.78 is 36.8. The van der Waals surface area contributed by atoms with Gasteiger partial charge in [-0.2, -0.15) is 0 Å². The zero-order valence-corrected chi connectivity index (χ0v) is 16.0. The molecule has 0 saturated carbocycles. The summed E-state index contributed by atoms with van der Waals surface area (Å²) in [4.78, 5) is 12.6. The number of para-hydroxylation sites is 3. The van der Waals surface area contributed by atoms with E-state index in [0.717, 1.165) is 11.8 Å². The molecule has 0 aliphatic carbocycles. The number of carbonyl (C=O) groups excluding carboxylic acids is 1. The lowest BCUT2D eigenvalue weighted by atomic mass is 10.2. The van der Waals surface area contributed by atoms with Gasteiger partial charge in [-0.05, 0) is 25.1 Å². The molecular formula is C19H22N2O5S. The maximum Gasteiger partial charge on any atom is 0.263 e. The fourth-order valence-electron chi connectivity index (χ4n) is 2.90. The molecule has 1 N–H and O–H groups in total. The molecule has 27 heavy (non-hydrogen) atoms. The zero-order valence-electron chi connectivity index (χ0n) is 15.2. The van der Waals surface area contributed by atoms with Gasteiger partial charge in [0.15, 0.2) is 6.10 Å². The van der Waals surface area contributed by atoms with Crippen molar-refractivity contribution < 1.29 is 22.7 Å². The Hall–Kier alpha value is -2.74. The Balaban J connectivity index is 1.75. The van der Waals surface area contributed by atoms with Gasteiger partial charge in [0.1, 0.15) is 11.5 Å². The molecule has 7 nitrogen and oxygen atoms in total. The second kappa shape index (κ2) is 7.87. The molecule has 0 unspecified atom stereocenters. The van der Waals surface area contributed by atoms with Gasteiger partial charge in [0.25, 0.3) is 5.91 Å². The van der Waals surface area contributed by atoms with Crippen LogP contribution in [-0.4, -0.2) is 39.8 Å². The van der Waals surface area contributed by atoms with Gasteiger partial charge in [0.05, 0.1) is 25.1 Å². The van der Waals surface area contributed by atoms with E-state index in [-0.39, 0.29) is 19.0 Å². The highest BCUT2D eigenvalue weighted by molar-refractivity contribution is 7.92. The molecule has 0 radical (unpaired) electrons. The number of anilines is 1. The Morgan fingerprint density at radius 2 is 1.93 bits per heavy atom. The molecular weight excluding hydrogens is 368 g/mol. The maximum absolute atomic E-state index is 12.6. The molecule has 1 amide bonds. The van der Waals surface area contributed by atoms with Crippen molar-refractivity contribution >= 4 is 21.6 Å². The van der Waals surface area contributed by atoms with Gasteiger partial charge in [-0.3, -0.25) is 9.10 Å². The topological polar surface area (TPSA) is 84.9 Å². The van der Waals surface area contributed by atoms with Gasteiger partial charge in [-0.25, -0.2) is 8.42 Å². The van der Waals surface area contributed by atoms with Crippen LogP contribution < -0.4 is 19.1 Å². The summed E-state index contributed by atoms with van der Waals surface area (Å²) in [6.45, 7) is 2.60. The maximum atomic E-state index is 12.6. The molecule has 0 fully saturated rings. The lowest BCUT2D eigenvalue weighted by Gasteiger charge is -2.33. The summed E-state index contributed by atoms with van der Waals surface area (Å²) in [5.41, 5.74) is 1.27. The standard InChI is InChI=1S/C19H22N2O5S/c1-3-25-16-10-6-4-8-14(16)12-20-19(22)18-13-21(27(2,23)24)15-9-5-7-11-17(15)26-18/h4-11,18H,3,12-13H2,1-2H3,(H,20,22)/t18-/m0/s1. The normalized spacial score (nSPS) is 16.2. The Kier molecular flexibility index (Phi) is 5.55. The molecule has 1 aliphatic heterocycles. The number of fused-ring (bicyclic) bond motifs is 1. The lowest BCUT2D eigenvalue weighted by molar-refractivity contribution is -0.127. The molecule has 0 saturated heterocycles. The van der Waals surface area contributed by atoms with Crippen molar-refractivity contribution in [1.82, 2.24) is 5.32 Å². The fourth-order valence-corrected chi connectivity index (χ4v) is 3.81. The molecule has 2 aromatic carbocycles. The van der Waals surface area contributed by atoms with Crippen molar-refractivity contribution in [3.63, 3.8) is 0 Å². The summed E-state index contributed by atoms with van der Waals surface area (Å²) in [5, 5.41) is 2.80. The van der Waals surface area contributed by atoms with Crippen molar-refractivity contribution in [3.05, 3.63) is 54.1 Å². The molecule has 0 aromatic heterocycles. The Bertz CT molecular complexity index is 929. The number of hydrogen-bond donors (Lipinski definition) is 1. The molecule has 0 bridgehead atoms. The Morgan fingerprint density at radius 1 is 1.22 bits per heavy atom. The number of hydrogen-bond acceptors (Lipinski definition) is 5. The SMILES string of the molecule is CCOc1ccccc1CNC(=O)[C@@H]1CN(S(C)(=O)=O)c2ccccc2O1. The highest BCUT2D eigenvalue weighted by Gasteiger charge is 2.34. The van der Waals surface area contributed by atoms with E-state index >= 15 is 0 Å². The number of rotatable bonds is 6. The average Bonchev–Trinajstić information content (AvgIpc) is 2.65. The van der Waals surface area contributed by atoms with E-state index in [1.54, 1.807) is 24.3 Å². The third kappa shape index (κ3) is 4.33. The zero-order chi connectivity index (χ0) is 19.4. The number of benzene rings is 2. The number of nitrogens with one attached hydrogen (secondary N) is 1. The van der Waals surface area contributed by atoms with Gasteiger partial charge < -0.3 is 14.8 Å². The molecule has 2 aromatic rings. The fraction of sp³-hybridized carbons (Fsp3) is 0.316. The summed E-state index contributed by atoms with van der Waals surface area (Å²) >= 11 is 0. The minimum Gasteiger partial charge on any atom is -0.494 e. The van der Waals surface area contributed by atoms with Crippen molar-refractivity contribution in [1.29, 1.82) is 0 Å². The first-order chi connectivity index (χ1) is 12.9. The second-order valence-corrected chi connectivity index (χ2v) is 8.03. The predicted octanol–water partition coefficient (Wildman–Crippen LogP) is 1.93. The van der Waals surface area contributed by atoms with E-state index in [2.05, 4.69) is 5.32 Å². The third-order valence-corrected chi connectivity index (χ3v) is 5.30. The Morgan fingerprint density at radius 3 is 2.67 bits per heavy atom. The third-order valence-electron chi connectivity index (χ3n) is 4.15. The van der Waals surface area contributed by atoms with Crippen molar-refractivity contribution in [2.24, 2.45) is 0 Å². The minimum absolute atomic E-state index is 0.0746. The lowest BCUT2D eigenvalue weighted by Crippen LogP contribution is -2.50. The van der Waals surface area contributed by atoms with Crippen LogP contribution in [0, 0.1) is 0 Å². The van der Waals surface area contributed by atoms with Gasteiger partial charge in [0.2, 0.25) is 10.0 Å². The minimum atomic E-state index is -3.53. The first-order valence-corrected chi connectivity index (χ1v) is 10.5. The molecule has 1 heterocycles. The van der Waals surface area contributed by atoms with Gasteiger partial charge in [-0.1, -0.05) is 30.3 Å². The molecule has 144 valence electrons. The Labute approximate surface area is 158 Å².